The molecule has 0 saturated carbocycles. The lowest BCUT2D eigenvalue weighted by Crippen LogP contribution is -2.23. The predicted octanol–water partition coefficient (Wildman–Crippen LogP) is 3.05. The number of thiophene rings is 1. The quantitative estimate of drug-likeness (QED) is 0.939. The van der Waals surface area contributed by atoms with Crippen molar-refractivity contribution in [1.82, 2.24) is 4.90 Å². The lowest BCUT2D eigenvalue weighted by Gasteiger charge is -2.15. The molecule has 20 heavy (non-hydrogen) atoms. The van der Waals surface area contributed by atoms with E-state index in [-0.39, 0.29) is 11.8 Å². The second kappa shape index (κ2) is 5.77. The first kappa shape index (κ1) is 13.3. The summed E-state index contributed by atoms with van der Waals surface area (Å²) in [4.78, 5) is 14.9. The molecule has 0 amide bonds. The molecule has 0 radical (unpaired) electrons. The number of carboxylic acid groups (broad SMARTS) is 1. The van der Waals surface area contributed by atoms with Gasteiger partial charge in [-0.25, -0.2) is 0 Å². The van der Waals surface area contributed by atoms with Crippen LogP contribution in [0, 0.1) is 5.92 Å². The predicted molar refractivity (Wildman–Crippen MR) is 79.9 cm³/mol. The summed E-state index contributed by atoms with van der Waals surface area (Å²) in [6, 6.07) is 14.3. The molecule has 3 nitrogen and oxygen atoms in total. The van der Waals surface area contributed by atoms with Crippen molar-refractivity contribution in [3.05, 3.63) is 58.3 Å². The minimum absolute atomic E-state index is 0.121. The number of nitrogens with zero attached hydrogens (tertiary/aromatic N) is 1. The fourth-order valence-corrected chi connectivity index (χ4v) is 3.78. The highest BCUT2D eigenvalue weighted by Crippen LogP contribution is 2.35. The van der Waals surface area contributed by atoms with Crippen LogP contribution in [0.3, 0.4) is 0 Å². The van der Waals surface area contributed by atoms with E-state index >= 15 is 0 Å². The van der Waals surface area contributed by atoms with E-state index in [4.69, 9.17) is 0 Å². The molecule has 0 bridgehead atoms. The smallest absolute Gasteiger partial charge is 0.308 e. The van der Waals surface area contributed by atoms with Crippen LogP contribution in [0.25, 0.3) is 0 Å². The first-order valence-electron chi connectivity index (χ1n) is 6.76. The van der Waals surface area contributed by atoms with Crippen molar-refractivity contribution in [2.75, 3.05) is 13.1 Å². The number of hydrogen-bond acceptors (Lipinski definition) is 3. The minimum atomic E-state index is -0.682. The zero-order valence-electron chi connectivity index (χ0n) is 11.1. The van der Waals surface area contributed by atoms with Crippen LogP contribution >= 0.6 is 11.3 Å². The molecule has 1 N–H and O–H groups in total. The van der Waals surface area contributed by atoms with Gasteiger partial charge in [-0.2, -0.15) is 0 Å². The van der Waals surface area contributed by atoms with Gasteiger partial charge in [0.1, 0.15) is 0 Å². The number of likely N-dealkylation sites (tertiary alicyclic amines) is 1. The van der Waals surface area contributed by atoms with E-state index in [9.17, 15) is 9.90 Å². The number of carboxylic acids is 1. The molecule has 1 aromatic heterocycles. The Bertz CT molecular complexity index is 567. The molecule has 1 aromatic carbocycles. The summed E-state index contributed by atoms with van der Waals surface area (Å²) in [7, 11) is 0. The lowest BCUT2D eigenvalue weighted by molar-refractivity contribution is -0.141. The van der Waals surface area contributed by atoms with Crippen LogP contribution in [-0.4, -0.2) is 29.1 Å². The molecular weight excluding hydrogens is 270 g/mol. The summed E-state index contributed by atoms with van der Waals surface area (Å²) in [6.45, 7) is 2.28. The van der Waals surface area contributed by atoms with Gasteiger partial charge in [0, 0.05) is 30.4 Å². The highest BCUT2D eigenvalue weighted by Gasteiger charge is 2.38. The molecule has 0 aliphatic carbocycles. The summed E-state index contributed by atoms with van der Waals surface area (Å²) in [5.74, 6) is -0.854. The molecule has 1 saturated heterocycles. The van der Waals surface area contributed by atoms with Gasteiger partial charge in [0.25, 0.3) is 0 Å². The van der Waals surface area contributed by atoms with Crippen molar-refractivity contribution in [1.29, 1.82) is 0 Å². The Hall–Kier alpha value is -1.65. The summed E-state index contributed by atoms with van der Waals surface area (Å²) in [6.07, 6.45) is 0. The Morgan fingerprint density at radius 1 is 1.20 bits per heavy atom. The number of aliphatic carboxylic acids is 1. The van der Waals surface area contributed by atoms with Gasteiger partial charge in [0.05, 0.1) is 5.92 Å². The summed E-state index contributed by atoms with van der Waals surface area (Å²) in [5.41, 5.74) is 1.24. The molecule has 0 spiro atoms. The van der Waals surface area contributed by atoms with E-state index in [0.717, 1.165) is 13.1 Å². The topological polar surface area (TPSA) is 40.5 Å². The maximum atomic E-state index is 11.5. The van der Waals surface area contributed by atoms with Crippen molar-refractivity contribution < 1.29 is 9.90 Å². The second-order valence-electron chi connectivity index (χ2n) is 5.25. The standard InChI is InChI=1S/C16H17NO2S/c18-16(19)14-11-17(9-12-5-2-1-3-6-12)10-13(14)15-7-4-8-20-15/h1-8,13-14H,9-11H2,(H,18,19)/t13-,14+/m0/s1. The van der Waals surface area contributed by atoms with Crippen LogP contribution in [-0.2, 0) is 11.3 Å². The van der Waals surface area contributed by atoms with E-state index in [2.05, 4.69) is 23.1 Å². The third kappa shape index (κ3) is 2.76. The Kier molecular flexibility index (Phi) is 3.85. The van der Waals surface area contributed by atoms with Gasteiger partial charge in [0.15, 0.2) is 0 Å². The molecule has 1 fully saturated rings. The third-order valence-electron chi connectivity index (χ3n) is 3.87. The van der Waals surface area contributed by atoms with Gasteiger partial charge in [-0.1, -0.05) is 36.4 Å². The third-order valence-corrected chi connectivity index (χ3v) is 4.87. The van der Waals surface area contributed by atoms with Gasteiger partial charge in [-0.05, 0) is 17.0 Å². The fourth-order valence-electron chi connectivity index (χ4n) is 2.90. The van der Waals surface area contributed by atoms with E-state index in [1.54, 1.807) is 11.3 Å². The van der Waals surface area contributed by atoms with E-state index in [0.29, 0.717) is 6.54 Å². The van der Waals surface area contributed by atoms with Crippen molar-refractivity contribution in [2.24, 2.45) is 5.92 Å². The minimum Gasteiger partial charge on any atom is -0.481 e. The first-order valence-corrected chi connectivity index (χ1v) is 7.64. The van der Waals surface area contributed by atoms with Crippen molar-refractivity contribution in [2.45, 2.75) is 12.5 Å². The van der Waals surface area contributed by atoms with Gasteiger partial charge in [-0.3, -0.25) is 9.69 Å². The number of hydrogen-bond donors (Lipinski definition) is 1. The van der Waals surface area contributed by atoms with Crippen molar-refractivity contribution in [3.8, 4) is 0 Å². The van der Waals surface area contributed by atoms with Crippen LogP contribution in [0.2, 0.25) is 0 Å². The maximum Gasteiger partial charge on any atom is 0.308 e. The molecular formula is C16H17NO2S. The SMILES string of the molecule is O=C(O)[C@@H]1CN(Cc2ccccc2)C[C@@H]1c1cccs1. The van der Waals surface area contributed by atoms with Crippen LogP contribution < -0.4 is 0 Å². The van der Waals surface area contributed by atoms with Crippen molar-refractivity contribution >= 4 is 17.3 Å². The van der Waals surface area contributed by atoms with Crippen LogP contribution in [0.5, 0.6) is 0 Å². The summed E-state index contributed by atoms with van der Waals surface area (Å²) >= 11 is 1.66. The molecule has 2 aromatic rings. The Balaban J connectivity index is 1.75. The highest BCUT2D eigenvalue weighted by molar-refractivity contribution is 7.10. The number of benzene rings is 1. The summed E-state index contributed by atoms with van der Waals surface area (Å²) < 4.78 is 0. The maximum absolute atomic E-state index is 11.5. The Morgan fingerprint density at radius 2 is 2.00 bits per heavy atom. The van der Waals surface area contributed by atoms with Gasteiger partial charge in [-0.15, -0.1) is 11.3 Å². The molecule has 104 valence electrons. The molecule has 2 atom stereocenters. The molecule has 1 aliphatic rings. The van der Waals surface area contributed by atoms with Gasteiger partial charge < -0.3 is 5.11 Å². The molecule has 1 aliphatic heterocycles. The van der Waals surface area contributed by atoms with E-state index < -0.39 is 5.97 Å². The Labute approximate surface area is 122 Å². The molecule has 3 rings (SSSR count). The van der Waals surface area contributed by atoms with Gasteiger partial charge >= 0.3 is 5.97 Å². The highest BCUT2D eigenvalue weighted by atomic mass is 32.1. The molecule has 4 heteroatoms. The number of carbonyl (C=O) groups is 1. The monoisotopic (exact) mass is 287 g/mol. The van der Waals surface area contributed by atoms with Crippen LogP contribution in [0.1, 0.15) is 16.4 Å². The van der Waals surface area contributed by atoms with Crippen molar-refractivity contribution in [3.63, 3.8) is 0 Å². The largest absolute Gasteiger partial charge is 0.481 e. The van der Waals surface area contributed by atoms with Gasteiger partial charge in [0.2, 0.25) is 0 Å². The van der Waals surface area contributed by atoms with E-state index in [1.165, 1.54) is 10.4 Å². The zero-order valence-corrected chi connectivity index (χ0v) is 11.9. The van der Waals surface area contributed by atoms with E-state index in [1.807, 2.05) is 29.6 Å². The number of rotatable bonds is 4. The normalized spacial score (nSPS) is 23.0. The van der Waals surface area contributed by atoms with Crippen LogP contribution in [0.15, 0.2) is 47.8 Å². The zero-order chi connectivity index (χ0) is 13.9. The average molecular weight is 287 g/mol. The fraction of sp³-hybridized carbons (Fsp3) is 0.312. The average Bonchev–Trinajstić information content (AvgIpc) is 3.08. The van der Waals surface area contributed by atoms with Crippen LogP contribution in [0.4, 0.5) is 0 Å². The second-order valence-corrected chi connectivity index (χ2v) is 6.23. The first-order chi connectivity index (χ1) is 9.74. The molecule has 2 heterocycles. The Morgan fingerprint density at radius 3 is 2.65 bits per heavy atom. The lowest BCUT2D eigenvalue weighted by atomic mass is 9.95. The summed E-state index contributed by atoms with van der Waals surface area (Å²) in [5, 5.41) is 11.5. The molecule has 0 unspecified atom stereocenters.